The van der Waals surface area contributed by atoms with Gasteiger partial charge in [0.2, 0.25) is 5.91 Å². The highest BCUT2D eigenvalue weighted by atomic mass is 19.1. The molecule has 0 unspecified atom stereocenters. The van der Waals surface area contributed by atoms with Gasteiger partial charge in [0.1, 0.15) is 17.1 Å². The number of imidazole rings is 1. The van der Waals surface area contributed by atoms with Crippen molar-refractivity contribution < 1.29 is 9.18 Å². The first-order valence-electron chi connectivity index (χ1n) is 7.47. The van der Waals surface area contributed by atoms with Crippen LogP contribution in [-0.2, 0) is 11.3 Å². The number of hydrogen-bond donors (Lipinski definition) is 2. The van der Waals surface area contributed by atoms with Crippen LogP contribution in [0.1, 0.15) is 37.9 Å². The topological polar surface area (TPSA) is 81.6 Å². The molecule has 0 radical (unpaired) electrons. The fourth-order valence-electron chi connectivity index (χ4n) is 3.00. The number of aromatic amines is 1. The third-order valence-corrected chi connectivity index (χ3v) is 4.27. The van der Waals surface area contributed by atoms with Crippen molar-refractivity contribution in [3.8, 4) is 6.07 Å². The Kier molecular flexibility index (Phi) is 3.80. The third-order valence-electron chi connectivity index (χ3n) is 4.27. The van der Waals surface area contributed by atoms with Crippen LogP contribution in [0.15, 0.2) is 18.2 Å². The third kappa shape index (κ3) is 2.67. The molecule has 1 saturated carbocycles. The van der Waals surface area contributed by atoms with Crippen molar-refractivity contribution in [2.75, 3.05) is 0 Å². The van der Waals surface area contributed by atoms with Crippen LogP contribution in [-0.4, -0.2) is 15.9 Å². The molecule has 1 aliphatic rings. The number of fused-ring (bicyclic) bond motifs is 1. The first-order valence-corrected chi connectivity index (χ1v) is 7.47. The molecule has 2 aromatic rings. The van der Waals surface area contributed by atoms with Crippen LogP contribution >= 0.6 is 0 Å². The number of nitrogens with one attached hydrogen (secondary N) is 2. The molecule has 1 aliphatic carbocycles. The molecular weight excluding hydrogens is 283 g/mol. The Balaban J connectivity index is 1.70. The largest absolute Gasteiger partial charge is 0.347 e. The van der Waals surface area contributed by atoms with Gasteiger partial charge in [-0.2, -0.15) is 5.26 Å². The lowest BCUT2D eigenvalue weighted by Gasteiger charge is -2.28. The zero-order valence-corrected chi connectivity index (χ0v) is 12.2. The van der Waals surface area contributed by atoms with Crippen LogP contribution in [0.5, 0.6) is 0 Å². The van der Waals surface area contributed by atoms with Crippen molar-refractivity contribution in [1.82, 2.24) is 15.3 Å². The summed E-state index contributed by atoms with van der Waals surface area (Å²) in [6.45, 7) is 0.207. The summed E-state index contributed by atoms with van der Waals surface area (Å²) in [5, 5.41) is 12.2. The van der Waals surface area contributed by atoms with E-state index in [4.69, 9.17) is 0 Å². The van der Waals surface area contributed by atoms with Crippen molar-refractivity contribution in [1.29, 1.82) is 5.26 Å². The van der Waals surface area contributed by atoms with Crippen LogP contribution in [0.25, 0.3) is 11.0 Å². The Hall–Kier alpha value is -2.42. The van der Waals surface area contributed by atoms with Crippen molar-refractivity contribution in [3.05, 3.63) is 29.8 Å². The van der Waals surface area contributed by atoms with Crippen molar-refractivity contribution in [2.45, 2.75) is 38.6 Å². The number of nitriles is 1. The van der Waals surface area contributed by atoms with E-state index in [2.05, 4.69) is 21.4 Å². The zero-order chi connectivity index (χ0) is 15.6. The van der Waals surface area contributed by atoms with Gasteiger partial charge in [-0.15, -0.1) is 0 Å². The summed E-state index contributed by atoms with van der Waals surface area (Å²) in [5.74, 6) is -0.0171. The molecule has 1 aromatic carbocycles. The summed E-state index contributed by atoms with van der Waals surface area (Å²) in [6, 6.07) is 6.50. The monoisotopic (exact) mass is 300 g/mol. The van der Waals surface area contributed by atoms with E-state index >= 15 is 0 Å². The molecule has 5 nitrogen and oxygen atoms in total. The maximum atomic E-state index is 13.1. The number of carbonyl (C=O) groups is 1. The number of aromatic nitrogens is 2. The van der Waals surface area contributed by atoms with E-state index in [1.54, 1.807) is 6.07 Å². The van der Waals surface area contributed by atoms with Gasteiger partial charge in [0.05, 0.1) is 23.6 Å². The molecule has 0 atom stereocenters. The maximum Gasteiger partial charge on any atom is 0.240 e. The fraction of sp³-hybridized carbons (Fsp3) is 0.438. The smallest absolute Gasteiger partial charge is 0.240 e. The molecule has 0 bridgehead atoms. The minimum atomic E-state index is -0.906. The Morgan fingerprint density at radius 3 is 2.91 bits per heavy atom. The van der Waals surface area contributed by atoms with Crippen LogP contribution in [0.4, 0.5) is 4.39 Å². The highest BCUT2D eigenvalue weighted by molar-refractivity contribution is 5.85. The average Bonchev–Trinajstić information content (AvgIpc) is 2.95. The predicted molar refractivity (Wildman–Crippen MR) is 79.0 cm³/mol. The number of hydrogen-bond acceptors (Lipinski definition) is 3. The molecule has 0 aliphatic heterocycles. The predicted octanol–water partition coefficient (Wildman–Crippen LogP) is 2.79. The van der Waals surface area contributed by atoms with Gasteiger partial charge in [-0.3, -0.25) is 4.79 Å². The minimum absolute atomic E-state index is 0.207. The second-order valence-corrected chi connectivity index (χ2v) is 5.78. The quantitative estimate of drug-likeness (QED) is 0.914. The lowest BCUT2D eigenvalue weighted by Crippen LogP contribution is -2.41. The Morgan fingerprint density at radius 1 is 1.41 bits per heavy atom. The highest BCUT2D eigenvalue weighted by Gasteiger charge is 2.39. The van der Waals surface area contributed by atoms with Crippen LogP contribution < -0.4 is 5.32 Å². The Labute approximate surface area is 127 Å². The summed E-state index contributed by atoms with van der Waals surface area (Å²) in [4.78, 5) is 19.6. The summed E-state index contributed by atoms with van der Waals surface area (Å²) < 4.78 is 13.1. The molecule has 0 spiro atoms. The van der Waals surface area contributed by atoms with Gasteiger partial charge in [-0.25, -0.2) is 9.37 Å². The standard InChI is InChI=1S/C16H17FN4O/c17-11-4-5-12-13(8-11)21-14(20-12)9-19-15(22)16(10-18)6-2-1-3-7-16/h4-5,8H,1-3,6-7,9H2,(H,19,22)(H,20,21). The number of nitrogens with zero attached hydrogens (tertiary/aromatic N) is 2. The lowest BCUT2D eigenvalue weighted by atomic mass is 9.74. The summed E-state index contributed by atoms with van der Waals surface area (Å²) >= 11 is 0. The van der Waals surface area contributed by atoms with Gasteiger partial charge in [-0.05, 0) is 31.0 Å². The van der Waals surface area contributed by atoms with Crippen molar-refractivity contribution >= 4 is 16.9 Å². The minimum Gasteiger partial charge on any atom is -0.347 e. The second kappa shape index (κ2) is 5.76. The van der Waals surface area contributed by atoms with Crippen LogP contribution in [0.2, 0.25) is 0 Å². The van der Waals surface area contributed by atoms with Gasteiger partial charge >= 0.3 is 0 Å². The van der Waals surface area contributed by atoms with E-state index < -0.39 is 5.41 Å². The fourth-order valence-corrected chi connectivity index (χ4v) is 3.00. The number of halogens is 1. The Morgan fingerprint density at radius 2 is 2.18 bits per heavy atom. The van der Waals surface area contributed by atoms with E-state index in [-0.39, 0.29) is 18.3 Å². The first-order chi connectivity index (χ1) is 10.6. The van der Waals surface area contributed by atoms with Crippen LogP contribution in [0.3, 0.4) is 0 Å². The molecule has 6 heteroatoms. The molecule has 1 fully saturated rings. The molecule has 1 aromatic heterocycles. The molecule has 22 heavy (non-hydrogen) atoms. The van der Waals surface area contributed by atoms with E-state index in [1.807, 2.05) is 0 Å². The molecule has 2 N–H and O–H groups in total. The number of rotatable bonds is 3. The van der Waals surface area contributed by atoms with Gasteiger partial charge in [0.15, 0.2) is 0 Å². The van der Waals surface area contributed by atoms with E-state index in [9.17, 15) is 14.4 Å². The number of carbonyl (C=O) groups excluding carboxylic acids is 1. The molecule has 114 valence electrons. The SMILES string of the molecule is N#CC1(C(=O)NCc2nc3ccc(F)cc3[nH]2)CCCCC1. The first kappa shape index (κ1) is 14.5. The van der Waals surface area contributed by atoms with Gasteiger partial charge in [0, 0.05) is 0 Å². The summed E-state index contributed by atoms with van der Waals surface area (Å²) in [7, 11) is 0. The lowest BCUT2D eigenvalue weighted by molar-refractivity contribution is -0.129. The number of benzene rings is 1. The molecule has 1 amide bonds. The highest BCUT2D eigenvalue weighted by Crippen LogP contribution is 2.35. The van der Waals surface area contributed by atoms with E-state index in [1.165, 1.54) is 12.1 Å². The van der Waals surface area contributed by atoms with Crippen LogP contribution in [0, 0.1) is 22.6 Å². The number of H-pyrrole nitrogens is 1. The molecule has 0 saturated heterocycles. The second-order valence-electron chi connectivity index (χ2n) is 5.78. The van der Waals surface area contributed by atoms with Gasteiger partial charge in [0.25, 0.3) is 0 Å². The molecular formula is C16H17FN4O. The summed E-state index contributed by atoms with van der Waals surface area (Å²) in [6.07, 6.45) is 4.11. The van der Waals surface area contributed by atoms with Crippen molar-refractivity contribution in [2.24, 2.45) is 5.41 Å². The maximum absolute atomic E-state index is 13.1. The number of amides is 1. The summed E-state index contributed by atoms with van der Waals surface area (Å²) in [5.41, 5.74) is 0.339. The van der Waals surface area contributed by atoms with Gasteiger partial charge < -0.3 is 10.3 Å². The Bertz CT molecular complexity index is 740. The molecule has 3 rings (SSSR count). The van der Waals surface area contributed by atoms with Gasteiger partial charge in [-0.1, -0.05) is 19.3 Å². The average molecular weight is 300 g/mol. The molecule has 1 heterocycles. The van der Waals surface area contributed by atoms with E-state index in [0.29, 0.717) is 29.7 Å². The van der Waals surface area contributed by atoms with E-state index in [0.717, 1.165) is 19.3 Å². The normalized spacial score (nSPS) is 17.1. The zero-order valence-electron chi connectivity index (χ0n) is 12.2. The van der Waals surface area contributed by atoms with Crippen molar-refractivity contribution in [3.63, 3.8) is 0 Å².